The molecule has 0 aliphatic heterocycles. The van der Waals surface area contributed by atoms with E-state index in [4.69, 9.17) is 23.2 Å². The van der Waals surface area contributed by atoms with E-state index in [1.165, 1.54) is 12.1 Å². The maximum Gasteiger partial charge on any atom is 0.275 e. The van der Waals surface area contributed by atoms with Crippen molar-refractivity contribution in [1.82, 2.24) is 5.43 Å². The lowest BCUT2D eigenvalue weighted by Crippen LogP contribution is -2.20. The standard InChI is InChI=1S/C26H19Cl2N3O3/c1-15(30-31-26(34)24-20-8-3-2-5-16(20)9-12-23(24)32)17-6-4-7-19(13-17)29-25(33)21-11-10-18(27)14-22(21)28/h2-14,32H,1H3,(H,29,33)(H,31,34)/b30-15-. The van der Waals surface area contributed by atoms with Crippen molar-refractivity contribution in [3.8, 4) is 5.75 Å². The zero-order valence-electron chi connectivity index (χ0n) is 18.0. The van der Waals surface area contributed by atoms with Gasteiger partial charge in [-0.3, -0.25) is 9.59 Å². The SMILES string of the molecule is C/C(=N/NC(=O)c1c(O)ccc2ccccc12)c1cccc(NC(=O)c2ccc(Cl)cc2Cl)c1. The van der Waals surface area contributed by atoms with Gasteiger partial charge in [0.1, 0.15) is 5.75 Å². The first-order valence-electron chi connectivity index (χ1n) is 10.3. The first kappa shape index (κ1) is 23.3. The number of carbonyl (C=O) groups is 2. The van der Waals surface area contributed by atoms with Gasteiger partial charge >= 0.3 is 0 Å². The first-order valence-corrected chi connectivity index (χ1v) is 11.0. The van der Waals surface area contributed by atoms with E-state index in [1.807, 2.05) is 12.1 Å². The van der Waals surface area contributed by atoms with Gasteiger partial charge in [0.25, 0.3) is 11.8 Å². The average molecular weight is 492 g/mol. The van der Waals surface area contributed by atoms with E-state index in [0.717, 1.165) is 5.39 Å². The maximum atomic E-state index is 12.8. The van der Waals surface area contributed by atoms with Gasteiger partial charge in [-0.1, -0.05) is 65.7 Å². The second-order valence-electron chi connectivity index (χ2n) is 7.48. The van der Waals surface area contributed by atoms with Gasteiger partial charge in [0.2, 0.25) is 0 Å². The molecule has 8 heteroatoms. The second-order valence-corrected chi connectivity index (χ2v) is 8.32. The topological polar surface area (TPSA) is 90.8 Å². The fourth-order valence-electron chi connectivity index (χ4n) is 3.45. The Hall–Kier alpha value is -3.87. The van der Waals surface area contributed by atoms with E-state index in [2.05, 4.69) is 15.8 Å². The minimum atomic E-state index is -0.532. The molecule has 0 unspecified atom stereocenters. The number of carbonyl (C=O) groups excluding carboxylic acids is 2. The van der Waals surface area contributed by atoms with Crippen molar-refractivity contribution < 1.29 is 14.7 Å². The van der Waals surface area contributed by atoms with Gasteiger partial charge < -0.3 is 10.4 Å². The molecule has 0 spiro atoms. The number of nitrogens with one attached hydrogen (secondary N) is 2. The minimum absolute atomic E-state index is 0.130. The number of hydrazone groups is 1. The number of halogens is 2. The van der Waals surface area contributed by atoms with Crippen LogP contribution in [0.3, 0.4) is 0 Å². The van der Waals surface area contributed by atoms with Crippen molar-refractivity contribution in [1.29, 1.82) is 0 Å². The van der Waals surface area contributed by atoms with Gasteiger partial charge in [-0.05, 0) is 59.7 Å². The Morgan fingerprint density at radius 1 is 0.882 bits per heavy atom. The molecule has 4 rings (SSSR count). The number of anilines is 1. The monoisotopic (exact) mass is 491 g/mol. The molecule has 2 amide bonds. The van der Waals surface area contributed by atoms with Crippen LogP contribution in [0.15, 0.2) is 84.0 Å². The predicted molar refractivity (Wildman–Crippen MR) is 136 cm³/mol. The fraction of sp³-hybridized carbons (Fsp3) is 0.0385. The Balaban J connectivity index is 1.52. The Morgan fingerprint density at radius 2 is 1.68 bits per heavy atom. The fourth-order valence-corrected chi connectivity index (χ4v) is 3.94. The minimum Gasteiger partial charge on any atom is -0.507 e. The van der Waals surface area contributed by atoms with Crippen molar-refractivity contribution in [2.75, 3.05) is 5.32 Å². The Bertz CT molecular complexity index is 1450. The summed E-state index contributed by atoms with van der Waals surface area (Å²) in [4.78, 5) is 25.4. The van der Waals surface area contributed by atoms with Crippen molar-refractivity contribution in [2.45, 2.75) is 6.92 Å². The number of hydrogen-bond acceptors (Lipinski definition) is 4. The number of amides is 2. The van der Waals surface area contributed by atoms with Gasteiger partial charge in [-0.25, -0.2) is 5.43 Å². The van der Waals surface area contributed by atoms with Crippen LogP contribution >= 0.6 is 23.2 Å². The van der Waals surface area contributed by atoms with Crippen LogP contribution in [0, 0.1) is 0 Å². The summed E-state index contributed by atoms with van der Waals surface area (Å²) in [5.41, 5.74) is 4.66. The van der Waals surface area contributed by atoms with E-state index in [9.17, 15) is 14.7 Å². The number of hydrogen-bond donors (Lipinski definition) is 3. The highest BCUT2D eigenvalue weighted by atomic mass is 35.5. The van der Waals surface area contributed by atoms with Gasteiger partial charge in [-0.15, -0.1) is 0 Å². The molecule has 0 aliphatic rings. The maximum absolute atomic E-state index is 12.8. The van der Waals surface area contributed by atoms with E-state index < -0.39 is 5.91 Å². The van der Waals surface area contributed by atoms with Crippen LogP contribution in [0.1, 0.15) is 33.2 Å². The molecule has 0 aromatic heterocycles. The summed E-state index contributed by atoms with van der Waals surface area (Å²) in [7, 11) is 0. The molecule has 4 aromatic rings. The van der Waals surface area contributed by atoms with Gasteiger partial charge in [0, 0.05) is 10.7 Å². The number of nitrogens with zero attached hydrogens (tertiary/aromatic N) is 1. The van der Waals surface area contributed by atoms with Crippen LogP contribution in [0.4, 0.5) is 5.69 Å². The molecular formula is C26H19Cl2N3O3. The molecule has 4 aromatic carbocycles. The Kier molecular flexibility index (Phi) is 6.82. The van der Waals surface area contributed by atoms with E-state index in [-0.39, 0.29) is 22.2 Å². The molecule has 0 heterocycles. The van der Waals surface area contributed by atoms with Gasteiger partial charge in [0.05, 0.1) is 21.9 Å². The number of fused-ring (bicyclic) bond motifs is 1. The third kappa shape index (κ3) is 5.03. The third-order valence-electron chi connectivity index (χ3n) is 5.17. The molecule has 0 bridgehead atoms. The highest BCUT2D eigenvalue weighted by molar-refractivity contribution is 6.37. The summed E-state index contributed by atoms with van der Waals surface area (Å²) < 4.78 is 0. The van der Waals surface area contributed by atoms with Crippen LogP contribution < -0.4 is 10.7 Å². The normalized spacial score (nSPS) is 11.3. The smallest absolute Gasteiger partial charge is 0.275 e. The third-order valence-corrected chi connectivity index (χ3v) is 5.72. The summed E-state index contributed by atoms with van der Waals surface area (Å²) in [5.74, 6) is -1.04. The average Bonchev–Trinajstić information content (AvgIpc) is 2.82. The highest BCUT2D eigenvalue weighted by Gasteiger charge is 2.15. The molecule has 3 N–H and O–H groups in total. The zero-order chi connectivity index (χ0) is 24.2. The van der Waals surface area contributed by atoms with Crippen molar-refractivity contribution in [3.63, 3.8) is 0 Å². The summed E-state index contributed by atoms with van der Waals surface area (Å²) >= 11 is 12.0. The van der Waals surface area contributed by atoms with Crippen LogP contribution in [-0.4, -0.2) is 22.6 Å². The van der Waals surface area contributed by atoms with E-state index in [0.29, 0.717) is 32.9 Å². The van der Waals surface area contributed by atoms with Gasteiger partial charge in [0.15, 0.2) is 0 Å². The molecule has 0 saturated carbocycles. The molecule has 0 aliphatic carbocycles. The summed E-state index contributed by atoms with van der Waals surface area (Å²) in [5, 5.41) is 19.4. The van der Waals surface area contributed by atoms with Crippen LogP contribution in [-0.2, 0) is 0 Å². The van der Waals surface area contributed by atoms with Crippen LogP contribution in [0.2, 0.25) is 10.0 Å². The highest BCUT2D eigenvalue weighted by Crippen LogP contribution is 2.27. The van der Waals surface area contributed by atoms with Gasteiger partial charge in [-0.2, -0.15) is 5.10 Å². The quantitative estimate of drug-likeness (QED) is 0.227. The Labute approximate surface area is 205 Å². The lowest BCUT2D eigenvalue weighted by atomic mass is 10.0. The van der Waals surface area contributed by atoms with Crippen molar-refractivity contribution in [2.24, 2.45) is 5.10 Å². The van der Waals surface area contributed by atoms with Crippen molar-refractivity contribution >= 4 is 57.2 Å². The van der Waals surface area contributed by atoms with E-state index in [1.54, 1.807) is 61.5 Å². The molecule has 0 atom stereocenters. The van der Waals surface area contributed by atoms with Crippen molar-refractivity contribution in [3.05, 3.63) is 106 Å². The molecule has 170 valence electrons. The number of rotatable bonds is 5. The molecule has 6 nitrogen and oxygen atoms in total. The Morgan fingerprint density at radius 3 is 2.47 bits per heavy atom. The molecular weight excluding hydrogens is 473 g/mol. The second kappa shape index (κ2) is 9.95. The predicted octanol–water partition coefficient (Wildman–Crippen LogP) is 6.26. The lowest BCUT2D eigenvalue weighted by Gasteiger charge is -2.10. The van der Waals surface area contributed by atoms with Crippen LogP contribution in [0.25, 0.3) is 10.8 Å². The largest absolute Gasteiger partial charge is 0.507 e. The van der Waals surface area contributed by atoms with Crippen LogP contribution in [0.5, 0.6) is 5.75 Å². The zero-order valence-corrected chi connectivity index (χ0v) is 19.5. The molecule has 0 fully saturated rings. The number of phenols is 1. The summed E-state index contributed by atoms with van der Waals surface area (Å²) in [6, 6.07) is 22.1. The molecule has 34 heavy (non-hydrogen) atoms. The van der Waals surface area contributed by atoms with E-state index >= 15 is 0 Å². The summed E-state index contributed by atoms with van der Waals surface area (Å²) in [6.45, 7) is 1.72. The number of benzene rings is 4. The number of phenolic OH excluding ortho intramolecular Hbond substituents is 1. The first-order chi connectivity index (χ1) is 16.3. The molecule has 0 radical (unpaired) electrons. The lowest BCUT2D eigenvalue weighted by molar-refractivity contribution is 0.0953. The number of aromatic hydroxyl groups is 1. The summed E-state index contributed by atoms with van der Waals surface area (Å²) in [6.07, 6.45) is 0. The molecule has 0 saturated heterocycles.